The van der Waals surface area contributed by atoms with E-state index in [1.807, 2.05) is 45.1 Å². The van der Waals surface area contributed by atoms with Gasteiger partial charge in [0.05, 0.1) is 10.5 Å². The summed E-state index contributed by atoms with van der Waals surface area (Å²) in [6, 6.07) is 2.04. The number of carbonyl (C=O) groups excluding carboxylic acids is 1. The van der Waals surface area contributed by atoms with Crippen molar-refractivity contribution < 1.29 is 4.79 Å². The number of nitrogens with zero attached hydrogens (tertiary/aromatic N) is 2. The van der Waals surface area contributed by atoms with Crippen LogP contribution in [0.25, 0.3) is 16.5 Å². The molecule has 0 fully saturated rings. The molecular weight excluding hydrogens is 348 g/mol. The maximum atomic E-state index is 12.3. The van der Waals surface area contributed by atoms with Crippen LogP contribution >= 0.6 is 11.6 Å². The Labute approximate surface area is 159 Å². The predicted molar refractivity (Wildman–Crippen MR) is 108 cm³/mol. The monoisotopic (exact) mass is 372 g/mol. The van der Waals surface area contributed by atoms with Crippen molar-refractivity contribution in [2.75, 3.05) is 13.6 Å². The highest BCUT2D eigenvalue weighted by atomic mass is 35.5. The van der Waals surface area contributed by atoms with Gasteiger partial charge in [0.15, 0.2) is 0 Å². The second kappa shape index (κ2) is 7.16. The number of carbonyl (C=O) groups is 1. The number of allylic oxidation sites excluding steroid dienone is 1. The molecule has 2 heterocycles. The van der Waals surface area contributed by atoms with E-state index in [1.54, 1.807) is 0 Å². The van der Waals surface area contributed by atoms with Crippen LogP contribution in [-0.2, 0) is 24.8 Å². The summed E-state index contributed by atoms with van der Waals surface area (Å²) in [6.07, 6.45) is 4.51. The van der Waals surface area contributed by atoms with Gasteiger partial charge in [-0.05, 0) is 24.1 Å². The molecule has 2 aromatic rings. The second-order valence-electron chi connectivity index (χ2n) is 6.71. The number of hydrogen-bond donors (Lipinski definition) is 2. The van der Waals surface area contributed by atoms with Crippen LogP contribution in [0.15, 0.2) is 12.3 Å². The number of rotatable bonds is 4. The highest BCUT2D eigenvalue weighted by molar-refractivity contribution is 6.37. The van der Waals surface area contributed by atoms with E-state index < -0.39 is 0 Å². The number of halogens is 1. The maximum Gasteiger partial charge on any atom is 0.222 e. The van der Waals surface area contributed by atoms with Crippen molar-refractivity contribution in [3.63, 3.8) is 0 Å². The standard InChI is InChI=1S/C20H25ClN4O/c1-5-17(26)25-7-6-16-15(11-25)18-14(13(9-22)10-23-3)8-12(2)19(21)20(18)24(16)4/h8-10,22-23H,5-7,11H2,1-4H3/b13-10+,22-9?. The molecule has 0 atom stereocenters. The number of fused-ring (bicyclic) bond motifs is 3. The number of hydrogen-bond acceptors (Lipinski definition) is 3. The Morgan fingerprint density at radius 1 is 1.46 bits per heavy atom. The lowest BCUT2D eigenvalue weighted by atomic mass is 9.95. The van der Waals surface area contributed by atoms with E-state index in [2.05, 4.69) is 9.88 Å². The minimum absolute atomic E-state index is 0.172. The SMILES string of the molecule is CCC(=O)N1CCc2c(c3c(/C(C=N)=C/NC)cc(C)c(Cl)c3n2C)C1. The third-order valence-electron chi connectivity index (χ3n) is 5.20. The van der Waals surface area contributed by atoms with Crippen LogP contribution in [0.2, 0.25) is 5.02 Å². The van der Waals surface area contributed by atoms with E-state index >= 15 is 0 Å². The molecule has 6 heteroatoms. The Morgan fingerprint density at radius 3 is 2.81 bits per heavy atom. The summed E-state index contributed by atoms with van der Waals surface area (Å²) in [5.41, 5.74) is 6.12. The maximum absolute atomic E-state index is 12.3. The Balaban J connectivity index is 2.34. The fourth-order valence-electron chi connectivity index (χ4n) is 3.89. The van der Waals surface area contributed by atoms with Crippen molar-refractivity contribution in [3.8, 4) is 0 Å². The molecule has 3 rings (SSSR count). The first-order valence-electron chi connectivity index (χ1n) is 8.89. The zero-order valence-electron chi connectivity index (χ0n) is 15.7. The highest BCUT2D eigenvalue weighted by Gasteiger charge is 2.28. The average molecular weight is 373 g/mol. The molecule has 0 aliphatic carbocycles. The minimum Gasteiger partial charge on any atom is -0.393 e. The molecule has 26 heavy (non-hydrogen) atoms. The summed E-state index contributed by atoms with van der Waals surface area (Å²) >= 11 is 6.68. The van der Waals surface area contributed by atoms with E-state index in [0.29, 0.717) is 13.0 Å². The molecule has 1 aromatic carbocycles. The molecule has 138 valence electrons. The van der Waals surface area contributed by atoms with Crippen LogP contribution in [0.3, 0.4) is 0 Å². The van der Waals surface area contributed by atoms with Gasteiger partial charge in [-0.25, -0.2) is 0 Å². The summed E-state index contributed by atoms with van der Waals surface area (Å²) in [5, 5.41) is 12.7. The van der Waals surface area contributed by atoms with Crippen molar-refractivity contribution >= 4 is 40.2 Å². The van der Waals surface area contributed by atoms with Crippen LogP contribution in [0.4, 0.5) is 0 Å². The lowest BCUT2D eigenvalue weighted by Crippen LogP contribution is -2.35. The van der Waals surface area contributed by atoms with E-state index in [4.69, 9.17) is 17.0 Å². The van der Waals surface area contributed by atoms with E-state index in [9.17, 15) is 4.79 Å². The number of aryl methyl sites for hydroxylation is 2. The summed E-state index contributed by atoms with van der Waals surface area (Å²) in [4.78, 5) is 14.2. The molecule has 5 nitrogen and oxygen atoms in total. The Kier molecular flexibility index (Phi) is 5.10. The molecule has 1 aliphatic heterocycles. The molecule has 0 unspecified atom stereocenters. The van der Waals surface area contributed by atoms with Crippen LogP contribution in [-0.4, -0.2) is 35.2 Å². The fraction of sp³-hybridized carbons (Fsp3) is 0.400. The van der Waals surface area contributed by atoms with Gasteiger partial charge in [0.2, 0.25) is 5.91 Å². The third kappa shape index (κ3) is 2.80. The van der Waals surface area contributed by atoms with Gasteiger partial charge in [-0.15, -0.1) is 0 Å². The van der Waals surface area contributed by atoms with Crippen molar-refractivity contribution in [2.24, 2.45) is 7.05 Å². The van der Waals surface area contributed by atoms with Crippen molar-refractivity contribution in [1.29, 1.82) is 5.41 Å². The molecule has 0 saturated carbocycles. The Morgan fingerprint density at radius 2 is 2.19 bits per heavy atom. The van der Waals surface area contributed by atoms with Gasteiger partial charge < -0.3 is 20.2 Å². The minimum atomic E-state index is 0.172. The summed E-state index contributed by atoms with van der Waals surface area (Å²) < 4.78 is 2.16. The van der Waals surface area contributed by atoms with Crippen LogP contribution in [0, 0.1) is 12.3 Å². The number of benzene rings is 1. The van der Waals surface area contributed by atoms with Crippen molar-refractivity contribution in [3.05, 3.63) is 39.7 Å². The van der Waals surface area contributed by atoms with Gasteiger partial charge >= 0.3 is 0 Å². The zero-order chi connectivity index (χ0) is 19.0. The van der Waals surface area contributed by atoms with Gasteiger partial charge in [0.25, 0.3) is 0 Å². The lowest BCUT2D eigenvalue weighted by molar-refractivity contribution is -0.131. The predicted octanol–water partition coefficient (Wildman–Crippen LogP) is 3.64. The van der Waals surface area contributed by atoms with E-state index in [1.165, 1.54) is 11.9 Å². The van der Waals surface area contributed by atoms with E-state index in [0.717, 1.165) is 51.2 Å². The second-order valence-corrected chi connectivity index (χ2v) is 7.09. The first-order valence-corrected chi connectivity index (χ1v) is 9.27. The summed E-state index contributed by atoms with van der Waals surface area (Å²) in [7, 11) is 3.87. The molecule has 1 aliphatic rings. The first-order chi connectivity index (χ1) is 12.4. The van der Waals surface area contributed by atoms with Gasteiger partial charge in [-0.3, -0.25) is 4.79 Å². The molecule has 0 saturated heterocycles. The number of amides is 1. The van der Waals surface area contributed by atoms with E-state index in [-0.39, 0.29) is 5.91 Å². The highest BCUT2D eigenvalue weighted by Crippen LogP contribution is 2.40. The number of aromatic nitrogens is 1. The topological polar surface area (TPSA) is 61.1 Å². The Hall–Kier alpha value is -2.27. The average Bonchev–Trinajstić information content (AvgIpc) is 2.94. The van der Waals surface area contributed by atoms with Crippen molar-refractivity contribution in [2.45, 2.75) is 33.2 Å². The van der Waals surface area contributed by atoms with Gasteiger partial charge in [0.1, 0.15) is 0 Å². The first kappa shape index (κ1) is 18.5. The van der Waals surface area contributed by atoms with Crippen LogP contribution in [0.5, 0.6) is 0 Å². The quantitative estimate of drug-likeness (QED) is 0.805. The molecular formula is C20H25ClN4O. The normalized spacial score (nSPS) is 14.5. The molecule has 1 amide bonds. The molecule has 2 N–H and O–H groups in total. The van der Waals surface area contributed by atoms with Gasteiger partial charge in [-0.2, -0.15) is 0 Å². The Bertz CT molecular complexity index is 926. The summed E-state index contributed by atoms with van der Waals surface area (Å²) in [5.74, 6) is 0.172. The molecule has 0 radical (unpaired) electrons. The third-order valence-corrected chi connectivity index (χ3v) is 5.68. The lowest BCUT2D eigenvalue weighted by Gasteiger charge is -2.28. The zero-order valence-corrected chi connectivity index (χ0v) is 16.5. The summed E-state index contributed by atoms with van der Waals surface area (Å²) in [6.45, 7) is 5.22. The van der Waals surface area contributed by atoms with Crippen LogP contribution in [0.1, 0.15) is 35.7 Å². The van der Waals surface area contributed by atoms with Crippen molar-refractivity contribution in [1.82, 2.24) is 14.8 Å². The molecule has 0 spiro atoms. The van der Waals surface area contributed by atoms with Crippen LogP contribution < -0.4 is 5.32 Å². The molecule has 1 aromatic heterocycles. The smallest absolute Gasteiger partial charge is 0.222 e. The van der Waals surface area contributed by atoms with Gasteiger partial charge in [-0.1, -0.05) is 18.5 Å². The van der Waals surface area contributed by atoms with Gasteiger partial charge in [0, 0.05) is 74.7 Å². The number of nitrogens with one attached hydrogen (secondary N) is 2. The fourth-order valence-corrected chi connectivity index (χ4v) is 4.17. The largest absolute Gasteiger partial charge is 0.393 e. The molecule has 0 bridgehead atoms.